The number of amides is 1. The number of aromatic nitrogens is 4. The average molecular weight is 245 g/mol. The lowest BCUT2D eigenvalue weighted by Gasteiger charge is -2.04. The fourth-order valence-corrected chi connectivity index (χ4v) is 1.54. The number of carbonyl (C=O) groups excluding carboxylic acids is 1. The molecule has 0 bridgehead atoms. The zero-order valence-corrected chi connectivity index (χ0v) is 10.4. The number of carbonyl (C=O) groups is 1. The van der Waals surface area contributed by atoms with Crippen LogP contribution in [-0.4, -0.2) is 26.1 Å². The van der Waals surface area contributed by atoms with Gasteiger partial charge in [0.2, 0.25) is 5.82 Å². The molecular formula is C12H15N5O. The van der Waals surface area contributed by atoms with Gasteiger partial charge in [-0.1, -0.05) is 6.92 Å². The van der Waals surface area contributed by atoms with E-state index >= 15 is 0 Å². The number of pyridine rings is 1. The van der Waals surface area contributed by atoms with Gasteiger partial charge in [-0.15, -0.1) is 5.10 Å². The molecule has 0 aliphatic rings. The van der Waals surface area contributed by atoms with E-state index in [-0.39, 0.29) is 11.7 Å². The summed E-state index contributed by atoms with van der Waals surface area (Å²) in [5.74, 6) is 0.553. The molecule has 0 aliphatic heterocycles. The molecule has 6 nitrogen and oxygen atoms in total. The van der Waals surface area contributed by atoms with Crippen molar-refractivity contribution in [3.05, 3.63) is 35.7 Å². The molecule has 6 heteroatoms. The zero-order valence-electron chi connectivity index (χ0n) is 10.4. The summed E-state index contributed by atoms with van der Waals surface area (Å²) < 4.78 is 0. The zero-order chi connectivity index (χ0) is 13.0. The van der Waals surface area contributed by atoms with Crippen molar-refractivity contribution in [2.24, 2.45) is 0 Å². The summed E-state index contributed by atoms with van der Waals surface area (Å²) in [5, 5.41) is 9.38. The SMILES string of the molecule is CCCc1nc(C(=O)Nc2cccnc2C)n[nH]1. The van der Waals surface area contributed by atoms with Gasteiger partial charge in [0.1, 0.15) is 5.82 Å². The number of hydrogen-bond acceptors (Lipinski definition) is 4. The van der Waals surface area contributed by atoms with Crippen LogP contribution in [0.3, 0.4) is 0 Å². The first-order valence-electron chi connectivity index (χ1n) is 5.85. The summed E-state index contributed by atoms with van der Waals surface area (Å²) in [7, 11) is 0. The fourth-order valence-electron chi connectivity index (χ4n) is 1.54. The smallest absolute Gasteiger partial charge is 0.295 e. The maximum absolute atomic E-state index is 11.9. The Kier molecular flexibility index (Phi) is 3.66. The molecule has 2 N–H and O–H groups in total. The molecular weight excluding hydrogens is 230 g/mol. The van der Waals surface area contributed by atoms with Gasteiger partial charge in [-0.2, -0.15) is 0 Å². The highest BCUT2D eigenvalue weighted by Crippen LogP contribution is 2.11. The van der Waals surface area contributed by atoms with Gasteiger partial charge in [-0.25, -0.2) is 4.98 Å². The summed E-state index contributed by atoms with van der Waals surface area (Å²) in [6.45, 7) is 3.87. The van der Waals surface area contributed by atoms with E-state index in [0.717, 1.165) is 24.4 Å². The predicted molar refractivity (Wildman–Crippen MR) is 67.3 cm³/mol. The number of nitrogens with zero attached hydrogens (tertiary/aromatic N) is 3. The Morgan fingerprint density at radius 1 is 1.50 bits per heavy atom. The van der Waals surface area contributed by atoms with Crippen LogP contribution in [0.2, 0.25) is 0 Å². The first kappa shape index (κ1) is 12.2. The molecule has 18 heavy (non-hydrogen) atoms. The number of aryl methyl sites for hydroxylation is 2. The first-order chi connectivity index (χ1) is 8.70. The normalized spacial score (nSPS) is 10.3. The molecule has 2 aromatic rings. The van der Waals surface area contributed by atoms with Gasteiger partial charge in [-0.05, 0) is 25.5 Å². The molecule has 1 amide bonds. The van der Waals surface area contributed by atoms with Gasteiger partial charge in [0.05, 0.1) is 11.4 Å². The van der Waals surface area contributed by atoms with Gasteiger partial charge in [0.15, 0.2) is 0 Å². The Morgan fingerprint density at radius 2 is 2.33 bits per heavy atom. The summed E-state index contributed by atoms with van der Waals surface area (Å²) in [6.07, 6.45) is 3.42. The van der Waals surface area contributed by atoms with Crippen molar-refractivity contribution in [2.75, 3.05) is 5.32 Å². The topological polar surface area (TPSA) is 83.6 Å². The molecule has 2 heterocycles. The van der Waals surface area contributed by atoms with Crippen LogP contribution < -0.4 is 5.32 Å². The summed E-state index contributed by atoms with van der Waals surface area (Å²) in [5.41, 5.74) is 1.43. The van der Waals surface area contributed by atoms with Crippen molar-refractivity contribution in [1.82, 2.24) is 20.2 Å². The molecule has 0 aliphatic carbocycles. The standard InChI is InChI=1S/C12H15N5O/c1-3-5-10-15-11(17-16-10)12(18)14-9-6-4-7-13-8(9)2/h4,6-7H,3,5H2,1-2H3,(H,14,18)(H,15,16,17). The van der Waals surface area contributed by atoms with Crippen LogP contribution in [0.15, 0.2) is 18.3 Å². The number of rotatable bonds is 4. The lowest BCUT2D eigenvalue weighted by Crippen LogP contribution is -2.14. The summed E-state index contributed by atoms with van der Waals surface area (Å²) >= 11 is 0. The maximum atomic E-state index is 11.9. The molecule has 0 radical (unpaired) electrons. The number of anilines is 1. The quantitative estimate of drug-likeness (QED) is 0.859. The minimum Gasteiger partial charge on any atom is -0.318 e. The second-order valence-corrected chi connectivity index (χ2v) is 3.95. The molecule has 0 saturated heterocycles. The minimum atomic E-state index is -0.329. The van der Waals surface area contributed by atoms with Gasteiger partial charge in [0, 0.05) is 12.6 Å². The van der Waals surface area contributed by atoms with E-state index in [4.69, 9.17) is 0 Å². The predicted octanol–water partition coefficient (Wildman–Crippen LogP) is 1.71. The molecule has 0 atom stereocenters. The van der Waals surface area contributed by atoms with E-state index in [1.807, 2.05) is 13.8 Å². The summed E-state index contributed by atoms with van der Waals surface area (Å²) in [4.78, 5) is 20.1. The van der Waals surface area contributed by atoms with Crippen molar-refractivity contribution >= 4 is 11.6 Å². The Bertz CT molecular complexity index is 549. The van der Waals surface area contributed by atoms with E-state index in [1.54, 1.807) is 18.3 Å². The lowest BCUT2D eigenvalue weighted by atomic mass is 10.3. The van der Waals surface area contributed by atoms with Crippen LogP contribution in [0.5, 0.6) is 0 Å². The highest BCUT2D eigenvalue weighted by Gasteiger charge is 2.13. The number of hydrogen-bond donors (Lipinski definition) is 2. The number of H-pyrrole nitrogens is 1. The molecule has 0 fully saturated rings. The van der Waals surface area contributed by atoms with Crippen LogP contribution >= 0.6 is 0 Å². The van der Waals surface area contributed by atoms with Gasteiger partial charge in [-0.3, -0.25) is 14.9 Å². The molecule has 0 saturated carbocycles. The van der Waals surface area contributed by atoms with Crippen LogP contribution in [0.4, 0.5) is 5.69 Å². The minimum absolute atomic E-state index is 0.154. The average Bonchev–Trinajstić information content (AvgIpc) is 2.81. The lowest BCUT2D eigenvalue weighted by molar-refractivity contribution is 0.101. The van der Waals surface area contributed by atoms with Crippen molar-refractivity contribution in [3.8, 4) is 0 Å². The first-order valence-corrected chi connectivity index (χ1v) is 5.85. The fraction of sp³-hybridized carbons (Fsp3) is 0.333. The van der Waals surface area contributed by atoms with Crippen molar-refractivity contribution in [3.63, 3.8) is 0 Å². The van der Waals surface area contributed by atoms with Crippen molar-refractivity contribution in [1.29, 1.82) is 0 Å². The molecule has 2 rings (SSSR count). The second kappa shape index (κ2) is 5.39. The van der Waals surface area contributed by atoms with Crippen LogP contribution in [0.1, 0.15) is 35.5 Å². The Balaban J connectivity index is 2.10. The van der Waals surface area contributed by atoms with E-state index < -0.39 is 0 Å². The number of aromatic amines is 1. The molecule has 2 aromatic heterocycles. The van der Waals surface area contributed by atoms with Crippen LogP contribution in [0.25, 0.3) is 0 Å². The largest absolute Gasteiger partial charge is 0.318 e. The molecule has 94 valence electrons. The third-order valence-electron chi connectivity index (χ3n) is 2.48. The third-order valence-corrected chi connectivity index (χ3v) is 2.48. The highest BCUT2D eigenvalue weighted by atomic mass is 16.2. The van der Waals surface area contributed by atoms with Crippen molar-refractivity contribution in [2.45, 2.75) is 26.7 Å². The third kappa shape index (κ3) is 2.71. The Labute approximate surface area is 105 Å². The highest BCUT2D eigenvalue weighted by molar-refractivity contribution is 6.01. The van der Waals surface area contributed by atoms with E-state index in [0.29, 0.717) is 5.69 Å². The van der Waals surface area contributed by atoms with Crippen LogP contribution in [-0.2, 0) is 6.42 Å². The van der Waals surface area contributed by atoms with Crippen LogP contribution in [0, 0.1) is 6.92 Å². The maximum Gasteiger partial charge on any atom is 0.295 e. The Hall–Kier alpha value is -2.24. The Morgan fingerprint density at radius 3 is 3.06 bits per heavy atom. The van der Waals surface area contributed by atoms with Gasteiger partial charge in [0.25, 0.3) is 5.91 Å². The second-order valence-electron chi connectivity index (χ2n) is 3.95. The molecule has 0 unspecified atom stereocenters. The molecule has 0 aromatic carbocycles. The van der Waals surface area contributed by atoms with E-state index in [9.17, 15) is 4.79 Å². The van der Waals surface area contributed by atoms with E-state index in [1.165, 1.54) is 0 Å². The van der Waals surface area contributed by atoms with Gasteiger partial charge >= 0.3 is 0 Å². The van der Waals surface area contributed by atoms with Crippen molar-refractivity contribution < 1.29 is 4.79 Å². The molecule has 0 spiro atoms. The van der Waals surface area contributed by atoms with E-state index in [2.05, 4.69) is 25.5 Å². The monoisotopic (exact) mass is 245 g/mol. The van der Waals surface area contributed by atoms with Gasteiger partial charge < -0.3 is 5.32 Å². The summed E-state index contributed by atoms with van der Waals surface area (Å²) in [6, 6.07) is 3.56. The number of nitrogens with one attached hydrogen (secondary N) is 2.